The molecule has 0 aromatic heterocycles. The summed E-state index contributed by atoms with van der Waals surface area (Å²) >= 11 is 0. The first-order valence-corrected chi connectivity index (χ1v) is 8.09. The molecule has 3 N–H and O–H groups in total. The third-order valence-electron chi connectivity index (χ3n) is 3.30. The SMILES string of the molecule is CCCCCCN=C(N)NCCOc1cc(OC)cc(OC)c1.I. The molecule has 0 aliphatic carbocycles. The molecule has 0 amide bonds. The van der Waals surface area contributed by atoms with Crippen molar-refractivity contribution >= 4 is 29.9 Å². The average Bonchev–Trinajstić information content (AvgIpc) is 2.58. The minimum Gasteiger partial charge on any atom is -0.496 e. The second-order valence-corrected chi connectivity index (χ2v) is 5.15. The Bertz CT molecular complexity index is 462. The first-order chi connectivity index (χ1) is 11.2. The van der Waals surface area contributed by atoms with Crippen molar-refractivity contribution < 1.29 is 14.2 Å². The van der Waals surface area contributed by atoms with Gasteiger partial charge in [-0.05, 0) is 6.42 Å². The zero-order valence-corrected chi connectivity index (χ0v) is 17.2. The fourth-order valence-electron chi connectivity index (χ4n) is 2.01. The Hall–Kier alpha value is -1.38. The van der Waals surface area contributed by atoms with Gasteiger partial charge in [-0.3, -0.25) is 4.99 Å². The number of halogens is 1. The van der Waals surface area contributed by atoms with Gasteiger partial charge in [0, 0.05) is 24.7 Å². The molecule has 0 unspecified atom stereocenters. The third-order valence-corrected chi connectivity index (χ3v) is 3.30. The molecule has 1 rings (SSSR count). The molecule has 7 heteroatoms. The molecule has 138 valence electrons. The fourth-order valence-corrected chi connectivity index (χ4v) is 2.01. The quantitative estimate of drug-likeness (QED) is 0.234. The van der Waals surface area contributed by atoms with Crippen LogP contribution in [-0.2, 0) is 0 Å². The Kier molecular flexibility index (Phi) is 13.2. The third kappa shape index (κ3) is 9.69. The van der Waals surface area contributed by atoms with Crippen LogP contribution in [-0.4, -0.2) is 39.9 Å². The molecule has 0 atom stereocenters. The summed E-state index contributed by atoms with van der Waals surface area (Å²) in [4.78, 5) is 4.28. The summed E-state index contributed by atoms with van der Waals surface area (Å²) in [6, 6.07) is 5.43. The lowest BCUT2D eigenvalue weighted by atomic mass is 10.2. The number of ether oxygens (including phenoxy) is 3. The summed E-state index contributed by atoms with van der Waals surface area (Å²) < 4.78 is 16.1. The van der Waals surface area contributed by atoms with Crippen LogP contribution in [0.4, 0.5) is 0 Å². The summed E-state index contributed by atoms with van der Waals surface area (Å²) in [6.45, 7) is 4.02. The van der Waals surface area contributed by atoms with Crippen LogP contribution in [0.1, 0.15) is 32.6 Å². The number of nitrogens with one attached hydrogen (secondary N) is 1. The van der Waals surface area contributed by atoms with E-state index in [0.717, 1.165) is 13.0 Å². The van der Waals surface area contributed by atoms with Gasteiger partial charge in [-0.25, -0.2) is 0 Å². The standard InChI is InChI=1S/C17H29N3O3.HI/c1-4-5-6-7-8-19-17(18)20-9-10-23-16-12-14(21-2)11-15(13-16)22-3;/h11-13H,4-10H2,1-3H3,(H3,18,19,20);1H. The van der Waals surface area contributed by atoms with E-state index >= 15 is 0 Å². The van der Waals surface area contributed by atoms with E-state index in [2.05, 4.69) is 17.2 Å². The average molecular weight is 451 g/mol. The van der Waals surface area contributed by atoms with Gasteiger partial charge in [0.1, 0.15) is 23.9 Å². The van der Waals surface area contributed by atoms with E-state index in [1.54, 1.807) is 20.3 Å². The van der Waals surface area contributed by atoms with Gasteiger partial charge in [0.05, 0.1) is 20.8 Å². The second-order valence-electron chi connectivity index (χ2n) is 5.15. The number of aliphatic imine (C=N–C) groups is 1. The molecule has 0 aliphatic heterocycles. The van der Waals surface area contributed by atoms with Crippen LogP contribution in [0.25, 0.3) is 0 Å². The highest BCUT2D eigenvalue weighted by molar-refractivity contribution is 14.0. The van der Waals surface area contributed by atoms with Crippen molar-refractivity contribution in [2.45, 2.75) is 32.6 Å². The van der Waals surface area contributed by atoms with Crippen molar-refractivity contribution in [1.29, 1.82) is 0 Å². The number of unbranched alkanes of at least 4 members (excludes halogenated alkanes) is 3. The minimum atomic E-state index is 0. The second kappa shape index (κ2) is 14.0. The molecule has 0 saturated carbocycles. The number of nitrogens with two attached hydrogens (primary N) is 1. The van der Waals surface area contributed by atoms with Crippen molar-refractivity contribution in [3.63, 3.8) is 0 Å². The highest BCUT2D eigenvalue weighted by Crippen LogP contribution is 2.27. The van der Waals surface area contributed by atoms with Crippen molar-refractivity contribution in [2.24, 2.45) is 10.7 Å². The van der Waals surface area contributed by atoms with E-state index in [4.69, 9.17) is 19.9 Å². The maximum atomic E-state index is 5.80. The van der Waals surface area contributed by atoms with Crippen LogP contribution in [0, 0.1) is 0 Å². The van der Waals surface area contributed by atoms with Crippen LogP contribution in [0.3, 0.4) is 0 Å². The highest BCUT2D eigenvalue weighted by Gasteiger charge is 2.02. The van der Waals surface area contributed by atoms with Gasteiger partial charge in [-0.15, -0.1) is 24.0 Å². The van der Waals surface area contributed by atoms with Gasteiger partial charge in [0.15, 0.2) is 5.96 Å². The van der Waals surface area contributed by atoms with Gasteiger partial charge < -0.3 is 25.3 Å². The fraction of sp³-hybridized carbons (Fsp3) is 0.588. The lowest BCUT2D eigenvalue weighted by Crippen LogP contribution is -2.34. The predicted molar refractivity (Wildman–Crippen MR) is 109 cm³/mol. The molecular formula is C17H30IN3O3. The normalized spacial score (nSPS) is 10.7. The lowest BCUT2D eigenvalue weighted by Gasteiger charge is -2.11. The van der Waals surface area contributed by atoms with Gasteiger partial charge >= 0.3 is 0 Å². The molecule has 0 saturated heterocycles. The molecule has 0 heterocycles. The molecule has 0 aliphatic rings. The molecule has 24 heavy (non-hydrogen) atoms. The van der Waals surface area contributed by atoms with Crippen LogP contribution < -0.4 is 25.3 Å². The Morgan fingerprint density at radius 2 is 1.67 bits per heavy atom. The van der Waals surface area contributed by atoms with E-state index in [-0.39, 0.29) is 24.0 Å². The lowest BCUT2D eigenvalue weighted by molar-refractivity contribution is 0.315. The minimum absolute atomic E-state index is 0. The molecule has 0 fully saturated rings. The summed E-state index contributed by atoms with van der Waals surface area (Å²) in [5.74, 6) is 2.55. The number of guanidine groups is 1. The van der Waals surface area contributed by atoms with Gasteiger partial charge in [-0.1, -0.05) is 26.2 Å². The molecule has 1 aromatic carbocycles. The van der Waals surface area contributed by atoms with Crippen molar-refractivity contribution in [2.75, 3.05) is 33.9 Å². The number of benzene rings is 1. The van der Waals surface area contributed by atoms with Crippen molar-refractivity contribution in [3.05, 3.63) is 18.2 Å². The van der Waals surface area contributed by atoms with Crippen molar-refractivity contribution in [3.8, 4) is 17.2 Å². The van der Waals surface area contributed by atoms with E-state index < -0.39 is 0 Å². The van der Waals surface area contributed by atoms with Crippen molar-refractivity contribution in [1.82, 2.24) is 5.32 Å². The number of hydrogen-bond acceptors (Lipinski definition) is 4. The Morgan fingerprint density at radius 1 is 1.04 bits per heavy atom. The van der Waals surface area contributed by atoms with Crippen LogP contribution in [0.15, 0.2) is 23.2 Å². The van der Waals surface area contributed by atoms with Gasteiger partial charge in [-0.2, -0.15) is 0 Å². The smallest absolute Gasteiger partial charge is 0.188 e. The van der Waals surface area contributed by atoms with Crippen LogP contribution in [0.2, 0.25) is 0 Å². The van der Waals surface area contributed by atoms with E-state index in [1.165, 1.54) is 19.3 Å². The van der Waals surface area contributed by atoms with Crippen LogP contribution in [0.5, 0.6) is 17.2 Å². The molecule has 6 nitrogen and oxygen atoms in total. The number of nitrogens with zero attached hydrogens (tertiary/aromatic N) is 1. The topological polar surface area (TPSA) is 78.1 Å². The first kappa shape index (κ1) is 22.6. The monoisotopic (exact) mass is 451 g/mol. The summed E-state index contributed by atoms with van der Waals surface area (Å²) in [6.07, 6.45) is 4.76. The summed E-state index contributed by atoms with van der Waals surface area (Å²) in [5.41, 5.74) is 5.80. The summed E-state index contributed by atoms with van der Waals surface area (Å²) in [7, 11) is 3.22. The highest BCUT2D eigenvalue weighted by atomic mass is 127. The number of hydrogen-bond donors (Lipinski definition) is 2. The molecule has 0 radical (unpaired) electrons. The Labute approximate surface area is 162 Å². The zero-order valence-electron chi connectivity index (χ0n) is 14.8. The molecular weight excluding hydrogens is 421 g/mol. The largest absolute Gasteiger partial charge is 0.496 e. The number of methoxy groups -OCH3 is 2. The predicted octanol–water partition coefficient (Wildman–Crippen LogP) is 3.19. The van der Waals surface area contributed by atoms with Gasteiger partial charge in [0.2, 0.25) is 0 Å². The Morgan fingerprint density at radius 3 is 2.25 bits per heavy atom. The van der Waals surface area contributed by atoms with E-state index in [0.29, 0.717) is 36.4 Å². The molecule has 1 aromatic rings. The molecule has 0 spiro atoms. The zero-order chi connectivity index (χ0) is 16.9. The summed E-state index contributed by atoms with van der Waals surface area (Å²) in [5, 5.41) is 3.04. The number of rotatable bonds is 11. The maximum absolute atomic E-state index is 5.80. The molecule has 0 bridgehead atoms. The van der Waals surface area contributed by atoms with E-state index in [9.17, 15) is 0 Å². The van der Waals surface area contributed by atoms with E-state index in [1.807, 2.05) is 12.1 Å². The maximum Gasteiger partial charge on any atom is 0.188 e. The Balaban J connectivity index is 0.00000529. The van der Waals surface area contributed by atoms with Gasteiger partial charge in [0.25, 0.3) is 0 Å². The van der Waals surface area contributed by atoms with Crippen LogP contribution >= 0.6 is 24.0 Å². The first-order valence-electron chi connectivity index (χ1n) is 8.09.